The average molecular weight is 328 g/mol. The molecule has 2 rings (SSSR count). The standard InChI is InChI=1S/C19H20O5/c1-2-3-4-11-23-16-8-5-14(6-9-16)19(22)24-17-10-7-15(13-20)18(21)12-17/h5-10,12-13,21H,2-4,11H2,1H3. The highest BCUT2D eigenvalue weighted by Crippen LogP contribution is 2.23. The van der Waals surface area contributed by atoms with Crippen LogP contribution in [-0.4, -0.2) is 24.0 Å². The minimum Gasteiger partial charge on any atom is -0.507 e. The number of esters is 1. The monoisotopic (exact) mass is 328 g/mol. The fourth-order valence-electron chi connectivity index (χ4n) is 2.08. The highest BCUT2D eigenvalue weighted by Gasteiger charge is 2.10. The Kier molecular flexibility index (Phi) is 6.37. The molecule has 0 heterocycles. The van der Waals surface area contributed by atoms with Crippen LogP contribution in [0, 0.1) is 0 Å². The van der Waals surface area contributed by atoms with Crippen molar-refractivity contribution in [2.75, 3.05) is 6.61 Å². The Morgan fingerprint density at radius 1 is 1.08 bits per heavy atom. The van der Waals surface area contributed by atoms with Gasteiger partial charge in [0.25, 0.3) is 0 Å². The molecule has 0 atom stereocenters. The second kappa shape index (κ2) is 8.72. The summed E-state index contributed by atoms with van der Waals surface area (Å²) in [6, 6.07) is 10.7. The molecule has 0 aromatic heterocycles. The fourth-order valence-corrected chi connectivity index (χ4v) is 2.08. The number of carbonyl (C=O) groups excluding carboxylic acids is 2. The lowest BCUT2D eigenvalue weighted by molar-refractivity contribution is 0.0734. The van der Waals surface area contributed by atoms with E-state index in [0.29, 0.717) is 24.2 Å². The van der Waals surface area contributed by atoms with Crippen molar-refractivity contribution in [3.05, 3.63) is 53.6 Å². The fraction of sp³-hybridized carbons (Fsp3) is 0.263. The molecule has 0 aliphatic heterocycles. The molecule has 5 nitrogen and oxygen atoms in total. The molecule has 0 aliphatic rings. The maximum atomic E-state index is 12.1. The molecule has 0 bridgehead atoms. The number of aromatic hydroxyl groups is 1. The third kappa shape index (κ3) is 4.84. The normalized spacial score (nSPS) is 10.2. The van der Waals surface area contributed by atoms with Crippen molar-refractivity contribution in [1.29, 1.82) is 0 Å². The smallest absolute Gasteiger partial charge is 0.343 e. The van der Waals surface area contributed by atoms with Gasteiger partial charge in [-0.2, -0.15) is 0 Å². The van der Waals surface area contributed by atoms with Gasteiger partial charge in [-0.3, -0.25) is 4.79 Å². The van der Waals surface area contributed by atoms with E-state index in [1.54, 1.807) is 24.3 Å². The molecule has 0 amide bonds. The number of benzene rings is 2. The zero-order valence-electron chi connectivity index (χ0n) is 13.5. The second-order valence-electron chi connectivity index (χ2n) is 5.31. The number of phenols is 1. The number of ether oxygens (including phenoxy) is 2. The number of hydrogen-bond acceptors (Lipinski definition) is 5. The van der Waals surface area contributed by atoms with E-state index < -0.39 is 5.97 Å². The molecular formula is C19H20O5. The number of phenolic OH excluding ortho intramolecular Hbond substituents is 1. The average Bonchev–Trinajstić information content (AvgIpc) is 2.59. The molecule has 5 heteroatoms. The molecule has 0 saturated heterocycles. The summed E-state index contributed by atoms with van der Waals surface area (Å²) in [4.78, 5) is 22.7. The quantitative estimate of drug-likeness (QED) is 0.343. The predicted octanol–water partition coefficient (Wildman–Crippen LogP) is 3.99. The first-order chi connectivity index (χ1) is 11.6. The van der Waals surface area contributed by atoms with Gasteiger partial charge in [0.2, 0.25) is 0 Å². The second-order valence-corrected chi connectivity index (χ2v) is 5.31. The van der Waals surface area contributed by atoms with Crippen molar-refractivity contribution in [2.45, 2.75) is 26.2 Å². The minimum atomic E-state index is -0.550. The highest BCUT2D eigenvalue weighted by molar-refractivity contribution is 5.91. The summed E-state index contributed by atoms with van der Waals surface area (Å²) in [5.74, 6) is 0.0931. The summed E-state index contributed by atoms with van der Waals surface area (Å²) in [6.45, 7) is 2.78. The van der Waals surface area contributed by atoms with Crippen molar-refractivity contribution in [2.24, 2.45) is 0 Å². The Morgan fingerprint density at radius 3 is 2.42 bits per heavy atom. The minimum absolute atomic E-state index is 0.138. The molecule has 126 valence electrons. The van der Waals surface area contributed by atoms with E-state index in [2.05, 4.69) is 6.92 Å². The van der Waals surface area contributed by atoms with Gasteiger partial charge in [-0.1, -0.05) is 19.8 Å². The zero-order valence-corrected chi connectivity index (χ0v) is 13.5. The van der Waals surface area contributed by atoms with Crippen LogP contribution >= 0.6 is 0 Å². The molecular weight excluding hydrogens is 308 g/mol. The van der Waals surface area contributed by atoms with E-state index in [4.69, 9.17) is 9.47 Å². The number of rotatable bonds is 8. The maximum absolute atomic E-state index is 12.1. The van der Waals surface area contributed by atoms with Gasteiger partial charge in [0.15, 0.2) is 6.29 Å². The molecule has 2 aromatic carbocycles. The number of unbranched alkanes of at least 4 members (excludes halogenated alkanes) is 2. The van der Waals surface area contributed by atoms with Crippen LogP contribution in [0.2, 0.25) is 0 Å². The molecule has 1 N–H and O–H groups in total. The van der Waals surface area contributed by atoms with Crippen LogP contribution < -0.4 is 9.47 Å². The Hall–Kier alpha value is -2.82. The Morgan fingerprint density at radius 2 is 1.79 bits per heavy atom. The molecule has 0 spiro atoms. The summed E-state index contributed by atoms with van der Waals surface area (Å²) in [5, 5.41) is 9.59. The van der Waals surface area contributed by atoms with Crippen LogP contribution in [-0.2, 0) is 0 Å². The van der Waals surface area contributed by atoms with Crippen molar-refractivity contribution in [3.8, 4) is 17.2 Å². The van der Waals surface area contributed by atoms with E-state index >= 15 is 0 Å². The lowest BCUT2D eigenvalue weighted by atomic mass is 10.2. The van der Waals surface area contributed by atoms with Crippen LogP contribution in [0.25, 0.3) is 0 Å². The van der Waals surface area contributed by atoms with Gasteiger partial charge >= 0.3 is 5.97 Å². The van der Waals surface area contributed by atoms with Gasteiger partial charge in [0.1, 0.15) is 17.2 Å². The number of carbonyl (C=O) groups is 2. The molecule has 0 radical (unpaired) electrons. The third-order valence-corrected chi connectivity index (χ3v) is 3.45. The molecule has 2 aromatic rings. The molecule has 0 saturated carbocycles. The van der Waals surface area contributed by atoms with Gasteiger partial charge in [-0.05, 0) is 42.8 Å². The molecule has 24 heavy (non-hydrogen) atoms. The van der Waals surface area contributed by atoms with E-state index in [1.807, 2.05) is 0 Å². The summed E-state index contributed by atoms with van der Waals surface area (Å²) in [5.41, 5.74) is 0.509. The Balaban J connectivity index is 1.94. The van der Waals surface area contributed by atoms with Crippen LogP contribution in [0.3, 0.4) is 0 Å². The lowest BCUT2D eigenvalue weighted by Gasteiger charge is -2.08. The summed E-state index contributed by atoms with van der Waals surface area (Å²) < 4.78 is 10.8. The molecule has 0 fully saturated rings. The van der Waals surface area contributed by atoms with Crippen LogP contribution in [0.15, 0.2) is 42.5 Å². The van der Waals surface area contributed by atoms with E-state index in [9.17, 15) is 14.7 Å². The van der Waals surface area contributed by atoms with Crippen molar-refractivity contribution in [1.82, 2.24) is 0 Å². The maximum Gasteiger partial charge on any atom is 0.343 e. The summed E-state index contributed by atoms with van der Waals surface area (Å²) in [7, 11) is 0. The largest absolute Gasteiger partial charge is 0.507 e. The van der Waals surface area contributed by atoms with Crippen LogP contribution in [0.5, 0.6) is 17.2 Å². The van der Waals surface area contributed by atoms with E-state index in [0.717, 1.165) is 19.3 Å². The third-order valence-electron chi connectivity index (χ3n) is 3.45. The number of aldehydes is 1. The predicted molar refractivity (Wildman–Crippen MR) is 89.9 cm³/mol. The van der Waals surface area contributed by atoms with Gasteiger partial charge in [0, 0.05) is 6.07 Å². The van der Waals surface area contributed by atoms with E-state index in [1.165, 1.54) is 18.2 Å². The molecule has 0 unspecified atom stereocenters. The first kappa shape index (κ1) is 17.5. The van der Waals surface area contributed by atoms with Crippen molar-refractivity contribution in [3.63, 3.8) is 0 Å². The highest BCUT2D eigenvalue weighted by atomic mass is 16.5. The molecule has 0 aliphatic carbocycles. The topological polar surface area (TPSA) is 72.8 Å². The summed E-state index contributed by atoms with van der Waals surface area (Å²) >= 11 is 0. The first-order valence-electron chi connectivity index (χ1n) is 7.87. The van der Waals surface area contributed by atoms with Gasteiger partial charge < -0.3 is 14.6 Å². The summed E-state index contributed by atoms with van der Waals surface area (Å²) in [6.07, 6.45) is 3.79. The zero-order chi connectivity index (χ0) is 17.4. The van der Waals surface area contributed by atoms with Gasteiger partial charge in [-0.25, -0.2) is 4.79 Å². The number of hydrogen-bond donors (Lipinski definition) is 1. The van der Waals surface area contributed by atoms with E-state index in [-0.39, 0.29) is 17.1 Å². The van der Waals surface area contributed by atoms with Crippen molar-refractivity contribution < 1.29 is 24.2 Å². The Bertz CT molecular complexity index is 691. The van der Waals surface area contributed by atoms with Gasteiger partial charge in [0.05, 0.1) is 17.7 Å². The van der Waals surface area contributed by atoms with Crippen molar-refractivity contribution >= 4 is 12.3 Å². The first-order valence-corrected chi connectivity index (χ1v) is 7.87. The van der Waals surface area contributed by atoms with Crippen LogP contribution in [0.1, 0.15) is 46.9 Å². The Labute approximate surface area is 140 Å². The van der Waals surface area contributed by atoms with Gasteiger partial charge in [-0.15, -0.1) is 0 Å². The lowest BCUT2D eigenvalue weighted by Crippen LogP contribution is -2.08. The SMILES string of the molecule is CCCCCOc1ccc(C(=O)Oc2ccc(C=O)c(O)c2)cc1. The van der Waals surface area contributed by atoms with Crippen LogP contribution in [0.4, 0.5) is 0 Å².